The van der Waals surface area contributed by atoms with E-state index in [1.54, 1.807) is 18.3 Å². The topological polar surface area (TPSA) is 42.0 Å². The first-order valence-electron chi connectivity index (χ1n) is 4.86. The SMILES string of the molecule is CC=CC=CC(=O)Nc1cc(C)c(Br)cn1. The molecule has 0 fully saturated rings. The van der Waals surface area contributed by atoms with E-state index < -0.39 is 0 Å². The molecule has 0 aliphatic carbocycles. The molecule has 1 aromatic heterocycles. The zero-order valence-corrected chi connectivity index (χ0v) is 10.8. The zero-order chi connectivity index (χ0) is 12.0. The van der Waals surface area contributed by atoms with Gasteiger partial charge in [0.2, 0.25) is 5.91 Å². The van der Waals surface area contributed by atoms with E-state index in [1.807, 2.05) is 26.0 Å². The lowest BCUT2D eigenvalue weighted by Gasteiger charge is -2.03. The van der Waals surface area contributed by atoms with Gasteiger partial charge in [0, 0.05) is 16.7 Å². The first-order chi connectivity index (χ1) is 7.63. The van der Waals surface area contributed by atoms with Gasteiger partial charge < -0.3 is 5.32 Å². The second kappa shape index (κ2) is 6.23. The number of allylic oxidation sites excluding steroid dienone is 3. The quantitative estimate of drug-likeness (QED) is 0.682. The third-order valence-electron chi connectivity index (χ3n) is 1.85. The molecule has 0 spiro atoms. The number of nitrogens with zero attached hydrogens (tertiary/aromatic N) is 1. The van der Waals surface area contributed by atoms with Gasteiger partial charge in [-0.1, -0.05) is 18.2 Å². The number of aryl methyl sites for hydroxylation is 1. The largest absolute Gasteiger partial charge is 0.307 e. The normalized spacial score (nSPS) is 11.2. The average molecular weight is 281 g/mol. The Bertz CT molecular complexity index is 439. The maximum atomic E-state index is 11.4. The molecule has 0 unspecified atom stereocenters. The van der Waals surface area contributed by atoms with E-state index in [0.717, 1.165) is 10.0 Å². The molecule has 1 N–H and O–H groups in total. The molecule has 0 atom stereocenters. The highest BCUT2D eigenvalue weighted by Crippen LogP contribution is 2.16. The van der Waals surface area contributed by atoms with Gasteiger partial charge in [-0.2, -0.15) is 0 Å². The van der Waals surface area contributed by atoms with E-state index in [2.05, 4.69) is 26.2 Å². The third kappa shape index (κ3) is 3.98. The van der Waals surface area contributed by atoms with Crippen LogP contribution in [0.2, 0.25) is 0 Å². The fourth-order valence-corrected chi connectivity index (χ4v) is 1.25. The molecule has 0 radical (unpaired) electrons. The van der Waals surface area contributed by atoms with Crippen LogP contribution in [-0.2, 0) is 4.79 Å². The van der Waals surface area contributed by atoms with Gasteiger partial charge in [-0.05, 0) is 41.4 Å². The summed E-state index contributed by atoms with van der Waals surface area (Å²) in [6.45, 7) is 3.83. The number of carbonyl (C=O) groups excluding carboxylic acids is 1. The number of halogens is 1. The first-order valence-corrected chi connectivity index (χ1v) is 5.65. The molecular formula is C12H13BrN2O. The minimum Gasteiger partial charge on any atom is -0.307 e. The van der Waals surface area contributed by atoms with Crippen LogP contribution in [0, 0.1) is 6.92 Å². The van der Waals surface area contributed by atoms with Crippen LogP contribution in [0.1, 0.15) is 12.5 Å². The molecule has 3 nitrogen and oxygen atoms in total. The number of pyridine rings is 1. The first kappa shape index (κ1) is 12.6. The van der Waals surface area contributed by atoms with E-state index in [-0.39, 0.29) is 5.91 Å². The number of nitrogens with one attached hydrogen (secondary N) is 1. The van der Waals surface area contributed by atoms with Crippen LogP contribution in [0.3, 0.4) is 0 Å². The van der Waals surface area contributed by atoms with Gasteiger partial charge in [0.1, 0.15) is 5.82 Å². The smallest absolute Gasteiger partial charge is 0.249 e. The standard InChI is InChI=1S/C12H13BrN2O/c1-3-4-5-6-12(16)15-11-7-9(2)10(13)8-14-11/h3-8H,1-2H3,(H,14,15,16). The van der Waals surface area contributed by atoms with Crippen molar-refractivity contribution < 1.29 is 4.79 Å². The number of hydrogen-bond acceptors (Lipinski definition) is 2. The van der Waals surface area contributed by atoms with Crippen molar-refractivity contribution in [2.24, 2.45) is 0 Å². The number of amides is 1. The molecule has 0 bridgehead atoms. The molecule has 4 heteroatoms. The highest BCUT2D eigenvalue weighted by molar-refractivity contribution is 9.10. The van der Waals surface area contributed by atoms with Crippen LogP contribution in [-0.4, -0.2) is 10.9 Å². The minimum absolute atomic E-state index is 0.188. The minimum atomic E-state index is -0.188. The predicted octanol–water partition coefficient (Wildman–Crippen LogP) is 3.22. The average Bonchev–Trinajstić information content (AvgIpc) is 2.24. The molecule has 1 heterocycles. The molecule has 84 valence electrons. The molecule has 1 aromatic rings. The van der Waals surface area contributed by atoms with Crippen LogP contribution < -0.4 is 5.32 Å². The fourth-order valence-electron chi connectivity index (χ4n) is 1.03. The second-order valence-electron chi connectivity index (χ2n) is 3.19. The molecule has 0 saturated carbocycles. The van der Waals surface area contributed by atoms with E-state index in [4.69, 9.17) is 0 Å². The van der Waals surface area contributed by atoms with Crippen molar-refractivity contribution in [1.29, 1.82) is 0 Å². The summed E-state index contributed by atoms with van der Waals surface area (Å²) in [5.74, 6) is 0.364. The van der Waals surface area contributed by atoms with Crippen molar-refractivity contribution in [2.45, 2.75) is 13.8 Å². The summed E-state index contributed by atoms with van der Waals surface area (Å²) in [7, 11) is 0. The highest BCUT2D eigenvalue weighted by Gasteiger charge is 2.01. The highest BCUT2D eigenvalue weighted by atomic mass is 79.9. The van der Waals surface area contributed by atoms with Gasteiger partial charge >= 0.3 is 0 Å². The van der Waals surface area contributed by atoms with Crippen LogP contribution in [0.15, 0.2) is 41.0 Å². The Morgan fingerprint density at radius 3 is 2.88 bits per heavy atom. The molecule has 0 aliphatic rings. The van der Waals surface area contributed by atoms with Crippen LogP contribution in [0.25, 0.3) is 0 Å². The van der Waals surface area contributed by atoms with Crippen LogP contribution in [0.5, 0.6) is 0 Å². The van der Waals surface area contributed by atoms with Gasteiger partial charge in [-0.25, -0.2) is 4.98 Å². The fraction of sp³-hybridized carbons (Fsp3) is 0.167. The summed E-state index contributed by atoms with van der Waals surface area (Å²) in [5, 5.41) is 2.68. The maximum absolute atomic E-state index is 11.4. The summed E-state index contributed by atoms with van der Waals surface area (Å²) in [6, 6.07) is 1.81. The summed E-state index contributed by atoms with van der Waals surface area (Å²) < 4.78 is 0.926. The number of hydrogen-bond donors (Lipinski definition) is 1. The van der Waals surface area contributed by atoms with Gasteiger partial charge in [0.05, 0.1) is 0 Å². The molecular weight excluding hydrogens is 268 g/mol. The van der Waals surface area contributed by atoms with Crippen molar-refractivity contribution in [3.63, 3.8) is 0 Å². The Kier molecular flexibility index (Phi) is 4.92. The number of aromatic nitrogens is 1. The van der Waals surface area contributed by atoms with Gasteiger partial charge in [-0.3, -0.25) is 4.79 Å². The Labute approximate surface area is 103 Å². The number of rotatable bonds is 3. The summed E-state index contributed by atoms with van der Waals surface area (Å²) in [6.07, 6.45) is 8.45. The van der Waals surface area contributed by atoms with E-state index >= 15 is 0 Å². The number of anilines is 1. The Morgan fingerprint density at radius 2 is 2.25 bits per heavy atom. The Balaban J connectivity index is 2.66. The molecule has 0 aromatic carbocycles. The van der Waals surface area contributed by atoms with E-state index in [9.17, 15) is 4.79 Å². The maximum Gasteiger partial charge on any atom is 0.249 e. The van der Waals surface area contributed by atoms with E-state index in [0.29, 0.717) is 5.82 Å². The van der Waals surface area contributed by atoms with Crippen molar-refractivity contribution in [1.82, 2.24) is 4.98 Å². The molecule has 0 aliphatic heterocycles. The van der Waals surface area contributed by atoms with Crippen LogP contribution >= 0.6 is 15.9 Å². The van der Waals surface area contributed by atoms with Crippen molar-refractivity contribution in [2.75, 3.05) is 5.32 Å². The van der Waals surface area contributed by atoms with Crippen molar-refractivity contribution in [3.05, 3.63) is 46.6 Å². The Morgan fingerprint density at radius 1 is 1.50 bits per heavy atom. The Hall–Kier alpha value is -1.42. The van der Waals surface area contributed by atoms with Crippen molar-refractivity contribution in [3.8, 4) is 0 Å². The third-order valence-corrected chi connectivity index (χ3v) is 2.68. The monoisotopic (exact) mass is 280 g/mol. The molecule has 16 heavy (non-hydrogen) atoms. The van der Waals surface area contributed by atoms with Gasteiger partial charge in [0.15, 0.2) is 0 Å². The zero-order valence-electron chi connectivity index (χ0n) is 9.20. The number of carbonyl (C=O) groups is 1. The molecule has 1 amide bonds. The molecule has 1 rings (SSSR count). The second-order valence-corrected chi connectivity index (χ2v) is 4.05. The lowest BCUT2D eigenvalue weighted by atomic mass is 10.3. The van der Waals surface area contributed by atoms with Gasteiger partial charge in [-0.15, -0.1) is 0 Å². The lowest BCUT2D eigenvalue weighted by molar-refractivity contribution is -0.111. The lowest BCUT2D eigenvalue weighted by Crippen LogP contribution is -2.09. The summed E-state index contributed by atoms with van der Waals surface area (Å²) >= 11 is 3.35. The van der Waals surface area contributed by atoms with Crippen LogP contribution in [0.4, 0.5) is 5.82 Å². The predicted molar refractivity (Wildman–Crippen MR) is 69.3 cm³/mol. The van der Waals surface area contributed by atoms with Crippen molar-refractivity contribution >= 4 is 27.7 Å². The summed E-state index contributed by atoms with van der Waals surface area (Å²) in [5.41, 5.74) is 1.03. The van der Waals surface area contributed by atoms with Gasteiger partial charge in [0.25, 0.3) is 0 Å². The summed E-state index contributed by atoms with van der Waals surface area (Å²) in [4.78, 5) is 15.5. The van der Waals surface area contributed by atoms with E-state index in [1.165, 1.54) is 6.08 Å². The molecule has 0 saturated heterocycles.